The van der Waals surface area contributed by atoms with Crippen molar-refractivity contribution in [2.24, 2.45) is 5.41 Å². The number of carbonyl (C=O) groups is 2. The molecule has 1 atom stereocenters. The molecule has 0 fully saturated rings. The summed E-state index contributed by atoms with van der Waals surface area (Å²) in [4.78, 5) is 24.6. The molecule has 0 aliphatic heterocycles. The monoisotopic (exact) mass is 398 g/mol. The van der Waals surface area contributed by atoms with Crippen molar-refractivity contribution in [3.8, 4) is 11.1 Å². The van der Waals surface area contributed by atoms with E-state index in [1.807, 2.05) is 54.6 Å². The van der Waals surface area contributed by atoms with Crippen molar-refractivity contribution in [1.82, 2.24) is 0 Å². The Morgan fingerprint density at radius 2 is 1.38 bits per heavy atom. The zero-order chi connectivity index (χ0) is 21.5. The molecule has 0 bridgehead atoms. The fraction of sp³-hybridized carbons (Fsp3) is 0.417. The minimum Gasteiger partial charge on any atom is -0.464 e. The van der Waals surface area contributed by atoms with Gasteiger partial charge in [-0.15, -0.1) is 0 Å². The second-order valence-corrected chi connectivity index (χ2v) is 8.13. The van der Waals surface area contributed by atoms with E-state index < -0.39 is 23.0 Å². The van der Waals surface area contributed by atoms with Crippen LogP contribution < -0.4 is 0 Å². The topological polar surface area (TPSA) is 61.8 Å². The first-order valence-corrected chi connectivity index (χ1v) is 9.78. The quantitative estimate of drug-likeness (QED) is 0.599. The number of rotatable bonds is 8. The van der Waals surface area contributed by atoms with Crippen LogP contribution in [0.25, 0.3) is 11.1 Å². The summed E-state index contributed by atoms with van der Waals surface area (Å²) in [6.07, 6.45) is 0. The van der Waals surface area contributed by atoms with Gasteiger partial charge in [0.15, 0.2) is 5.60 Å². The lowest BCUT2D eigenvalue weighted by Crippen LogP contribution is -2.45. The molecule has 0 aromatic heterocycles. The number of hydrogen-bond acceptors (Lipinski definition) is 5. The van der Waals surface area contributed by atoms with E-state index in [4.69, 9.17) is 14.2 Å². The highest BCUT2D eigenvalue weighted by atomic mass is 16.6. The summed E-state index contributed by atoms with van der Waals surface area (Å²) in [6.45, 7) is 8.78. The second-order valence-electron chi connectivity index (χ2n) is 8.13. The van der Waals surface area contributed by atoms with Gasteiger partial charge in [0.25, 0.3) is 0 Å². The van der Waals surface area contributed by atoms with Gasteiger partial charge in [-0.25, -0.2) is 4.79 Å². The lowest BCUT2D eigenvalue weighted by molar-refractivity contribution is -0.185. The number of hydrogen-bond donors (Lipinski definition) is 0. The molecule has 0 saturated heterocycles. The van der Waals surface area contributed by atoms with Crippen LogP contribution in [0.15, 0.2) is 54.6 Å². The van der Waals surface area contributed by atoms with Crippen LogP contribution in [0.4, 0.5) is 0 Å². The summed E-state index contributed by atoms with van der Waals surface area (Å²) in [7, 11) is 0. The third kappa shape index (κ3) is 6.43. The average Bonchev–Trinajstić information content (AvgIpc) is 2.71. The molecule has 156 valence electrons. The Morgan fingerprint density at radius 1 is 0.793 bits per heavy atom. The van der Waals surface area contributed by atoms with Crippen LogP contribution in [0.1, 0.15) is 40.2 Å². The smallest absolute Gasteiger partial charge is 0.341 e. The third-order valence-electron chi connectivity index (χ3n) is 4.42. The van der Waals surface area contributed by atoms with E-state index >= 15 is 0 Å². The van der Waals surface area contributed by atoms with Gasteiger partial charge in [0.1, 0.15) is 6.61 Å². The van der Waals surface area contributed by atoms with Crippen LogP contribution in [0, 0.1) is 5.41 Å². The van der Waals surface area contributed by atoms with Crippen molar-refractivity contribution in [1.29, 1.82) is 0 Å². The Morgan fingerprint density at radius 3 is 1.93 bits per heavy atom. The van der Waals surface area contributed by atoms with E-state index in [0.717, 1.165) is 16.7 Å². The van der Waals surface area contributed by atoms with Gasteiger partial charge in [-0.3, -0.25) is 4.79 Å². The summed E-state index contributed by atoms with van der Waals surface area (Å²) >= 11 is 0. The number of benzene rings is 2. The summed E-state index contributed by atoms with van der Waals surface area (Å²) in [5.41, 5.74) is 1.09. The molecule has 0 aliphatic carbocycles. The molecule has 2 rings (SSSR count). The Balaban J connectivity index is 2.06. The molecule has 5 heteroatoms. The first kappa shape index (κ1) is 22.6. The van der Waals surface area contributed by atoms with Crippen LogP contribution in [-0.4, -0.2) is 30.8 Å². The SMILES string of the molecule is CCOC(=O)C(C)(COC(=O)C(C)(C)C)OCc1ccc(-c2ccccc2)cc1. The van der Waals surface area contributed by atoms with Gasteiger partial charge in [-0.1, -0.05) is 54.6 Å². The highest BCUT2D eigenvalue weighted by Crippen LogP contribution is 2.23. The predicted molar refractivity (Wildman–Crippen MR) is 112 cm³/mol. The van der Waals surface area contributed by atoms with Gasteiger partial charge in [-0.05, 0) is 51.3 Å². The lowest BCUT2D eigenvalue weighted by Gasteiger charge is -2.28. The minimum absolute atomic E-state index is 0.192. The summed E-state index contributed by atoms with van der Waals surface area (Å²) in [5, 5.41) is 0. The third-order valence-corrected chi connectivity index (χ3v) is 4.42. The van der Waals surface area contributed by atoms with Gasteiger partial charge in [0.05, 0.1) is 18.6 Å². The molecule has 0 heterocycles. The van der Waals surface area contributed by atoms with E-state index in [1.165, 1.54) is 0 Å². The summed E-state index contributed by atoms with van der Waals surface area (Å²) in [6, 6.07) is 18.0. The minimum atomic E-state index is -1.38. The molecule has 2 aromatic carbocycles. The Kier molecular flexibility index (Phi) is 7.57. The van der Waals surface area contributed by atoms with Crippen LogP contribution >= 0.6 is 0 Å². The van der Waals surface area contributed by atoms with Crippen molar-refractivity contribution < 1.29 is 23.8 Å². The fourth-order valence-corrected chi connectivity index (χ4v) is 2.53. The molecule has 0 spiro atoms. The first-order valence-electron chi connectivity index (χ1n) is 9.78. The zero-order valence-electron chi connectivity index (χ0n) is 17.9. The molecular weight excluding hydrogens is 368 g/mol. The largest absolute Gasteiger partial charge is 0.464 e. The van der Waals surface area contributed by atoms with E-state index in [2.05, 4.69) is 0 Å². The molecule has 5 nitrogen and oxygen atoms in total. The summed E-state index contributed by atoms with van der Waals surface area (Å²) < 4.78 is 16.4. The lowest BCUT2D eigenvalue weighted by atomic mass is 9.97. The average molecular weight is 398 g/mol. The maximum Gasteiger partial charge on any atom is 0.341 e. The molecule has 0 amide bonds. The van der Waals surface area contributed by atoms with Crippen molar-refractivity contribution in [2.75, 3.05) is 13.2 Å². The van der Waals surface area contributed by atoms with Crippen molar-refractivity contribution in [3.05, 3.63) is 60.2 Å². The molecule has 2 aromatic rings. The molecule has 29 heavy (non-hydrogen) atoms. The van der Waals surface area contributed by atoms with Gasteiger partial charge in [-0.2, -0.15) is 0 Å². The van der Waals surface area contributed by atoms with E-state index in [-0.39, 0.29) is 19.8 Å². The van der Waals surface area contributed by atoms with E-state index in [1.54, 1.807) is 34.6 Å². The molecule has 1 unspecified atom stereocenters. The van der Waals surface area contributed by atoms with Gasteiger partial charge in [0, 0.05) is 0 Å². The summed E-state index contributed by atoms with van der Waals surface area (Å²) in [5.74, 6) is -0.952. The van der Waals surface area contributed by atoms with Crippen molar-refractivity contribution in [3.63, 3.8) is 0 Å². The predicted octanol–water partition coefficient (Wildman–Crippen LogP) is 4.78. The van der Waals surface area contributed by atoms with E-state index in [0.29, 0.717) is 0 Å². The van der Waals surface area contributed by atoms with Crippen LogP contribution in [-0.2, 0) is 30.4 Å². The van der Waals surface area contributed by atoms with Gasteiger partial charge >= 0.3 is 11.9 Å². The Labute approximate surface area is 173 Å². The normalized spacial score (nSPS) is 13.4. The van der Waals surface area contributed by atoms with Crippen LogP contribution in [0.3, 0.4) is 0 Å². The van der Waals surface area contributed by atoms with Crippen LogP contribution in [0.5, 0.6) is 0 Å². The molecule has 0 N–H and O–H groups in total. The highest BCUT2D eigenvalue weighted by molar-refractivity contribution is 5.80. The standard InChI is InChI=1S/C24H30O5/c1-6-27-22(26)24(5,17-28-21(25)23(2,3)4)29-16-18-12-14-20(15-13-18)19-10-8-7-9-11-19/h7-15H,6,16-17H2,1-5H3. The Bertz CT molecular complexity index is 805. The maximum absolute atomic E-state index is 12.4. The highest BCUT2D eigenvalue weighted by Gasteiger charge is 2.39. The number of ether oxygens (including phenoxy) is 3. The maximum atomic E-state index is 12.4. The number of carbonyl (C=O) groups excluding carboxylic acids is 2. The van der Waals surface area contributed by atoms with Crippen LogP contribution in [0.2, 0.25) is 0 Å². The Hall–Kier alpha value is -2.66. The fourth-order valence-electron chi connectivity index (χ4n) is 2.53. The van der Waals surface area contributed by atoms with Gasteiger partial charge in [0.2, 0.25) is 0 Å². The molecule has 0 radical (unpaired) electrons. The first-order chi connectivity index (χ1) is 13.7. The van der Waals surface area contributed by atoms with Crippen molar-refractivity contribution >= 4 is 11.9 Å². The molecule has 0 aliphatic rings. The van der Waals surface area contributed by atoms with Gasteiger partial charge < -0.3 is 14.2 Å². The van der Waals surface area contributed by atoms with E-state index in [9.17, 15) is 9.59 Å². The molecule has 0 saturated carbocycles. The molecular formula is C24H30O5. The zero-order valence-corrected chi connectivity index (χ0v) is 17.9. The van der Waals surface area contributed by atoms with Crippen molar-refractivity contribution in [2.45, 2.75) is 46.8 Å². The number of esters is 2. The second kappa shape index (κ2) is 9.70.